The molecule has 23 heavy (non-hydrogen) atoms. The molecule has 0 aliphatic heterocycles. The fourth-order valence-corrected chi connectivity index (χ4v) is 2.19. The molecule has 0 saturated carbocycles. The van der Waals surface area contributed by atoms with Gasteiger partial charge in [-0.15, -0.1) is 5.75 Å². The number of benzene rings is 2. The molecule has 6 nitrogen and oxygen atoms in total. The van der Waals surface area contributed by atoms with Crippen molar-refractivity contribution in [2.24, 2.45) is 0 Å². The first-order chi connectivity index (χ1) is 11.0. The molecule has 1 aromatic heterocycles. The molecule has 114 valence electrons. The van der Waals surface area contributed by atoms with Gasteiger partial charge in [0.15, 0.2) is 0 Å². The van der Waals surface area contributed by atoms with Gasteiger partial charge in [0.2, 0.25) is 0 Å². The van der Waals surface area contributed by atoms with E-state index in [0.29, 0.717) is 11.2 Å². The third-order valence-corrected chi connectivity index (χ3v) is 3.36. The largest absolute Gasteiger partial charge is 0.872 e. The number of phenols is 1. The minimum Gasteiger partial charge on any atom is -0.872 e. The van der Waals surface area contributed by atoms with Gasteiger partial charge in [-0.1, -0.05) is 30.3 Å². The van der Waals surface area contributed by atoms with Crippen LogP contribution in [0.4, 0.5) is 5.69 Å². The van der Waals surface area contributed by atoms with E-state index in [2.05, 4.69) is 4.98 Å². The van der Waals surface area contributed by atoms with Gasteiger partial charge in [-0.05, 0) is 23.8 Å². The van der Waals surface area contributed by atoms with Gasteiger partial charge in [-0.3, -0.25) is 10.1 Å². The van der Waals surface area contributed by atoms with Crippen LogP contribution >= 0.6 is 0 Å². The summed E-state index contributed by atoms with van der Waals surface area (Å²) in [6.45, 7) is 0. The van der Waals surface area contributed by atoms with Crippen molar-refractivity contribution in [3.05, 3.63) is 69.9 Å². The van der Waals surface area contributed by atoms with E-state index in [4.69, 9.17) is 0 Å². The number of nitro benzene ring substituents is 1. The Kier molecular flexibility index (Phi) is 3.64. The molecule has 3 rings (SSSR count). The molecule has 0 radical (unpaired) electrons. The summed E-state index contributed by atoms with van der Waals surface area (Å²) in [5, 5.41) is 33.1. The summed E-state index contributed by atoms with van der Waals surface area (Å²) in [5.74, 6) is -0.243. The van der Waals surface area contributed by atoms with Crippen LogP contribution in [0.25, 0.3) is 23.1 Å². The van der Waals surface area contributed by atoms with Crippen molar-refractivity contribution in [2.75, 3.05) is 0 Å². The topological polar surface area (TPSA) is 99.3 Å². The number of pyridine rings is 1. The summed E-state index contributed by atoms with van der Waals surface area (Å²) in [4.78, 5) is 14.5. The Balaban J connectivity index is 1.98. The van der Waals surface area contributed by atoms with E-state index in [-0.39, 0.29) is 22.7 Å². The quantitative estimate of drug-likeness (QED) is 0.592. The number of aromatic hydroxyl groups is 1. The minimum absolute atomic E-state index is 0.0672. The first-order valence-electron chi connectivity index (χ1n) is 6.77. The average Bonchev–Trinajstić information content (AvgIpc) is 2.54. The first kappa shape index (κ1) is 14.5. The van der Waals surface area contributed by atoms with Gasteiger partial charge in [0.25, 0.3) is 5.69 Å². The molecule has 3 aromatic rings. The highest BCUT2D eigenvalue weighted by molar-refractivity contribution is 5.85. The summed E-state index contributed by atoms with van der Waals surface area (Å²) in [7, 11) is 0. The van der Waals surface area contributed by atoms with E-state index < -0.39 is 4.92 Å². The van der Waals surface area contributed by atoms with Crippen molar-refractivity contribution in [1.29, 1.82) is 0 Å². The number of nitrogens with zero attached hydrogens (tertiary/aromatic N) is 2. The van der Waals surface area contributed by atoms with Crippen molar-refractivity contribution < 1.29 is 15.1 Å². The summed E-state index contributed by atoms with van der Waals surface area (Å²) in [6, 6.07) is 12.2. The molecule has 0 unspecified atom stereocenters. The number of phenolic OH excluding ortho intramolecular Hbond substituents is 1. The van der Waals surface area contributed by atoms with Crippen molar-refractivity contribution in [1.82, 2.24) is 4.98 Å². The van der Waals surface area contributed by atoms with Gasteiger partial charge in [0.05, 0.1) is 10.6 Å². The predicted octanol–water partition coefficient (Wildman–Crippen LogP) is 3.09. The lowest BCUT2D eigenvalue weighted by atomic mass is 10.1. The lowest BCUT2D eigenvalue weighted by Crippen LogP contribution is -1.95. The van der Waals surface area contributed by atoms with Gasteiger partial charge >= 0.3 is 0 Å². The van der Waals surface area contributed by atoms with E-state index in [1.807, 2.05) is 6.07 Å². The van der Waals surface area contributed by atoms with Crippen LogP contribution in [0.15, 0.2) is 48.5 Å². The van der Waals surface area contributed by atoms with Crippen LogP contribution < -0.4 is 5.11 Å². The molecule has 0 bridgehead atoms. The maximum Gasteiger partial charge on any atom is 0.269 e. The highest BCUT2D eigenvalue weighted by atomic mass is 16.6. The fourth-order valence-electron chi connectivity index (χ4n) is 2.19. The fraction of sp³-hybridized carbons (Fsp3) is 0. The van der Waals surface area contributed by atoms with Crippen LogP contribution in [-0.4, -0.2) is 15.0 Å². The van der Waals surface area contributed by atoms with E-state index in [1.54, 1.807) is 30.3 Å². The molecule has 6 heteroatoms. The third-order valence-electron chi connectivity index (χ3n) is 3.36. The molecule has 0 aliphatic rings. The molecule has 1 N–H and O–H groups in total. The molecular weight excluding hydrogens is 296 g/mol. The van der Waals surface area contributed by atoms with E-state index in [0.717, 1.165) is 11.5 Å². The van der Waals surface area contributed by atoms with Crippen LogP contribution in [-0.2, 0) is 0 Å². The predicted molar refractivity (Wildman–Crippen MR) is 84.9 cm³/mol. The number of rotatable bonds is 3. The second kappa shape index (κ2) is 5.76. The summed E-state index contributed by atoms with van der Waals surface area (Å²) >= 11 is 0. The number of non-ortho nitro benzene ring substituents is 1. The zero-order valence-electron chi connectivity index (χ0n) is 11.8. The van der Waals surface area contributed by atoms with E-state index >= 15 is 0 Å². The first-order valence-corrected chi connectivity index (χ1v) is 6.77. The van der Waals surface area contributed by atoms with Crippen molar-refractivity contribution in [3.63, 3.8) is 0 Å². The normalized spacial score (nSPS) is 11.1. The zero-order chi connectivity index (χ0) is 16.4. The van der Waals surface area contributed by atoms with Crippen LogP contribution in [0.1, 0.15) is 11.3 Å². The smallest absolute Gasteiger partial charge is 0.269 e. The highest BCUT2D eigenvalue weighted by Crippen LogP contribution is 2.25. The van der Waals surface area contributed by atoms with Gasteiger partial charge < -0.3 is 10.2 Å². The Morgan fingerprint density at radius 2 is 1.91 bits per heavy atom. The third kappa shape index (κ3) is 2.96. The van der Waals surface area contributed by atoms with Crippen molar-refractivity contribution in [3.8, 4) is 11.5 Å². The summed E-state index contributed by atoms with van der Waals surface area (Å²) in [5.41, 5.74) is 1.05. The molecular formula is C17H11N2O4-. The van der Waals surface area contributed by atoms with Gasteiger partial charge in [0, 0.05) is 17.5 Å². The SMILES string of the molecule is O=[N+]([O-])c1ccc([O-])c(/C=C/c2ccc3cccc(O)c3n2)c1. The number of fused-ring (bicyclic) bond motifs is 1. The van der Waals surface area contributed by atoms with Gasteiger partial charge in [0.1, 0.15) is 11.3 Å². The highest BCUT2D eigenvalue weighted by Gasteiger charge is 2.05. The second-order valence-corrected chi connectivity index (χ2v) is 4.90. The zero-order valence-corrected chi connectivity index (χ0v) is 11.8. The monoisotopic (exact) mass is 307 g/mol. The molecule has 1 heterocycles. The van der Waals surface area contributed by atoms with Crippen molar-refractivity contribution >= 4 is 28.7 Å². The van der Waals surface area contributed by atoms with E-state index in [1.165, 1.54) is 18.2 Å². The average molecular weight is 307 g/mol. The molecule has 0 amide bonds. The number of para-hydroxylation sites is 1. The van der Waals surface area contributed by atoms with Gasteiger partial charge in [-0.2, -0.15) is 0 Å². The standard InChI is InChI=1S/C17H12N2O4/c20-15-9-8-14(19(22)23)10-12(15)5-7-13-6-4-11-2-1-3-16(21)17(11)18-13/h1-10,20-21H/p-1/b7-5+. The summed E-state index contributed by atoms with van der Waals surface area (Å²) in [6.07, 6.45) is 3.05. The molecule has 0 saturated heterocycles. The minimum atomic E-state index is -0.552. The van der Waals surface area contributed by atoms with Crippen LogP contribution in [0.3, 0.4) is 0 Å². The number of nitro groups is 1. The number of aromatic nitrogens is 1. The van der Waals surface area contributed by atoms with Gasteiger partial charge in [-0.25, -0.2) is 4.98 Å². The van der Waals surface area contributed by atoms with Crippen LogP contribution in [0.5, 0.6) is 11.5 Å². The van der Waals surface area contributed by atoms with E-state index in [9.17, 15) is 20.3 Å². The van der Waals surface area contributed by atoms with Crippen molar-refractivity contribution in [2.45, 2.75) is 0 Å². The second-order valence-electron chi connectivity index (χ2n) is 4.90. The maximum absolute atomic E-state index is 11.7. The van der Waals surface area contributed by atoms with Crippen LogP contribution in [0, 0.1) is 10.1 Å². The Hall–Kier alpha value is -3.41. The number of hydrogen-bond acceptors (Lipinski definition) is 5. The Bertz CT molecular complexity index is 935. The Labute approximate surface area is 131 Å². The van der Waals surface area contributed by atoms with Crippen LogP contribution in [0.2, 0.25) is 0 Å². The molecule has 0 fully saturated rings. The molecule has 0 atom stereocenters. The Morgan fingerprint density at radius 3 is 2.70 bits per heavy atom. The lowest BCUT2D eigenvalue weighted by molar-refractivity contribution is -0.385. The maximum atomic E-state index is 11.7. The number of hydrogen-bond donors (Lipinski definition) is 1. The molecule has 0 aliphatic carbocycles. The molecule has 2 aromatic carbocycles. The summed E-state index contributed by atoms with van der Waals surface area (Å²) < 4.78 is 0. The lowest BCUT2D eigenvalue weighted by Gasteiger charge is -2.09. The molecule has 0 spiro atoms. The Morgan fingerprint density at radius 1 is 1.09 bits per heavy atom.